The van der Waals surface area contributed by atoms with Crippen LogP contribution in [0.15, 0.2) is 0 Å². The van der Waals surface area contributed by atoms with Crippen molar-refractivity contribution in [1.82, 2.24) is 0 Å². The van der Waals surface area contributed by atoms with Crippen LogP contribution in [0.1, 0.15) is 57.8 Å². The van der Waals surface area contributed by atoms with Crippen molar-refractivity contribution in [2.45, 2.75) is 88.5 Å². The third kappa shape index (κ3) is 7.99. The van der Waals surface area contributed by atoms with Gasteiger partial charge in [0.25, 0.3) is 0 Å². The van der Waals surface area contributed by atoms with Crippen LogP contribution in [0.4, 0.5) is 0 Å². The van der Waals surface area contributed by atoms with Crippen molar-refractivity contribution in [3.63, 3.8) is 0 Å². The number of hydrogen-bond donors (Lipinski definition) is 5. The molecule has 0 unspecified atom stereocenters. The summed E-state index contributed by atoms with van der Waals surface area (Å²) < 4.78 is 10.7. The maximum atomic E-state index is 9.84. The van der Waals surface area contributed by atoms with Gasteiger partial charge in [-0.25, -0.2) is 0 Å². The zero-order valence-electron chi connectivity index (χ0n) is 14.4. The second kappa shape index (κ2) is 13.3. The highest BCUT2D eigenvalue weighted by Crippen LogP contribution is 2.22. The predicted molar refractivity (Wildman–Crippen MR) is 95.1 cm³/mol. The van der Waals surface area contributed by atoms with E-state index in [1.807, 2.05) is 0 Å². The highest BCUT2D eigenvalue weighted by molar-refractivity contribution is 7.80. The minimum absolute atomic E-state index is 0.421. The van der Waals surface area contributed by atoms with E-state index in [9.17, 15) is 15.3 Å². The van der Waals surface area contributed by atoms with E-state index in [0.29, 0.717) is 6.61 Å². The quantitative estimate of drug-likeness (QED) is 0.248. The van der Waals surface area contributed by atoms with Crippen LogP contribution in [-0.2, 0) is 9.47 Å². The van der Waals surface area contributed by atoms with Gasteiger partial charge in [-0.2, -0.15) is 12.6 Å². The van der Waals surface area contributed by atoms with Crippen molar-refractivity contribution < 1.29 is 29.9 Å². The molecule has 0 aromatic carbocycles. The number of rotatable bonds is 13. The number of thiol groups is 1. The smallest absolute Gasteiger partial charge is 0.186 e. The molecule has 1 saturated heterocycles. The van der Waals surface area contributed by atoms with Gasteiger partial charge in [-0.15, -0.1) is 0 Å². The average molecular weight is 367 g/mol. The molecule has 1 aliphatic rings. The number of aliphatic hydroxyl groups is 4. The van der Waals surface area contributed by atoms with E-state index in [1.54, 1.807) is 0 Å². The molecule has 0 spiro atoms. The summed E-state index contributed by atoms with van der Waals surface area (Å²) in [7, 11) is 0. The third-order valence-electron chi connectivity index (χ3n) is 4.43. The highest BCUT2D eigenvalue weighted by Gasteiger charge is 2.43. The Labute approximate surface area is 150 Å². The van der Waals surface area contributed by atoms with Crippen LogP contribution < -0.4 is 0 Å². The predicted octanol–water partition coefficient (Wildman–Crippen LogP) is 1.24. The Balaban J connectivity index is 2.02. The van der Waals surface area contributed by atoms with Gasteiger partial charge in [-0.05, 0) is 18.6 Å². The summed E-state index contributed by atoms with van der Waals surface area (Å²) in [5.74, 6) is 0.981. The highest BCUT2D eigenvalue weighted by atomic mass is 32.1. The first-order valence-electron chi connectivity index (χ1n) is 9.14. The maximum Gasteiger partial charge on any atom is 0.186 e. The lowest BCUT2D eigenvalue weighted by molar-refractivity contribution is -0.301. The maximum absolute atomic E-state index is 9.84. The molecular formula is C17H34O6S. The van der Waals surface area contributed by atoms with Crippen LogP contribution in [0.25, 0.3) is 0 Å². The molecule has 6 nitrogen and oxygen atoms in total. The molecule has 0 aliphatic carbocycles. The molecule has 0 bridgehead atoms. The van der Waals surface area contributed by atoms with Gasteiger partial charge in [0.1, 0.15) is 24.4 Å². The van der Waals surface area contributed by atoms with Crippen molar-refractivity contribution in [1.29, 1.82) is 0 Å². The van der Waals surface area contributed by atoms with Crippen molar-refractivity contribution in [2.24, 2.45) is 0 Å². The molecule has 7 heteroatoms. The van der Waals surface area contributed by atoms with Crippen molar-refractivity contribution in [2.75, 3.05) is 19.0 Å². The first-order chi connectivity index (χ1) is 11.6. The van der Waals surface area contributed by atoms with Crippen LogP contribution in [0, 0.1) is 0 Å². The summed E-state index contributed by atoms with van der Waals surface area (Å²) in [6.07, 6.45) is 4.68. The van der Waals surface area contributed by atoms with E-state index in [-0.39, 0.29) is 0 Å². The minimum Gasteiger partial charge on any atom is -0.394 e. The second-order valence-corrected chi connectivity index (χ2v) is 6.92. The lowest BCUT2D eigenvalue weighted by Gasteiger charge is -2.39. The molecule has 24 heavy (non-hydrogen) atoms. The molecule has 144 valence electrons. The van der Waals surface area contributed by atoms with Gasteiger partial charge in [0.15, 0.2) is 6.29 Å². The van der Waals surface area contributed by atoms with Crippen LogP contribution in [-0.4, -0.2) is 70.1 Å². The summed E-state index contributed by atoms with van der Waals surface area (Å²) in [5.41, 5.74) is 0. The molecular weight excluding hydrogens is 332 g/mol. The second-order valence-electron chi connectivity index (χ2n) is 6.47. The van der Waals surface area contributed by atoms with Gasteiger partial charge in [0.2, 0.25) is 0 Å². The molecule has 0 amide bonds. The van der Waals surface area contributed by atoms with Crippen LogP contribution in [0.2, 0.25) is 0 Å². The summed E-state index contributed by atoms with van der Waals surface area (Å²) in [6.45, 7) is -0.0105. The fourth-order valence-corrected chi connectivity index (χ4v) is 3.08. The normalized spacial score (nSPS) is 30.6. The third-order valence-corrected chi connectivity index (χ3v) is 4.75. The molecule has 5 atom stereocenters. The fourth-order valence-electron chi connectivity index (χ4n) is 2.86. The Bertz CT molecular complexity index is 305. The van der Waals surface area contributed by atoms with Crippen molar-refractivity contribution in [3.05, 3.63) is 0 Å². The minimum atomic E-state index is -1.37. The summed E-state index contributed by atoms with van der Waals surface area (Å²) in [6, 6.07) is 0. The number of unbranched alkanes of at least 4 members (excludes halogenated alkanes) is 8. The number of hydrogen-bond acceptors (Lipinski definition) is 7. The molecule has 0 aromatic rings. The zero-order valence-corrected chi connectivity index (χ0v) is 15.3. The summed E-state index contributed by atoms with van der Waals surface area (Å²) >= 11 is 4.20. The van der Waals surface area contributed by atoms with E-state index in [2.05, 4.69) is 12.6 Å². The van der Waals surface area contributed by atoms with Gasteiger partial charge >= 0.3 is 0 Å². The van der Waals surface area contributed by atoms with Gasteiger partial charge in [-0.3, -0.25) is 0 Å². The SMILES string of the molecule is OC[C@H]1O[C@@H](OCCCCCCCCCCCS)[C@H](O)[C@@H](O)[C@@H]1O. The van der Waals surface area contributed by atoms with Gasteiger partial charge in [0, 0.05) is 6.61 Å². The Morgan fingerprint density at radius 2 is 1.29 bits per heavy atom. The molecule has 1 fully saturated rings. The van der Waals surface area contributed by atoms with Gasteiger partial charge in [-0.1, -0.05) is 44.9 Å². The van der Waals surface area contributed by atoms with Crippen molar-refractivity contribution >= 4 is 12.6 Å². The summed E-state index contributed by atoms with van der Waals surface area (Å²) in [5, 5.41) is 38.3. The van der Waals surface area contributed by atoms with E-state index >= 15 is 0 Å². The first kappa shape index (κ1) is 22.2. The fraction of sp³-hybridized carbons (Fsp3) is 1.00. The van der Waals surface area contributed by atoms with Crippen LogP contribution in [0.5, 0.6) is 0 Å². The summed E-state index contributed by atoms with van der Waals surface area (Å²) in [4.78, 5) is 0. The molecule has 4 N–H and O–H groups in total. The van der Waals surface area contributed by atoms with E-state index in [1.165, 1.54) is 38.5 Å². The first-order valence-corrected chi connectivity index (χ1v) is 9.78. The molecule has 1 heterocycles. The lowest BCUT2D eigenvalue weighted by atomic mass is 9.99. The Kier molecular flexibility index (Phi) is 12.3. The largest absolute Gasteiger partial charge is 0.394 e. The average Bonchev–Trinajstić information content (AvgIpc) is 2.59. The van der Waals surface area contributed by atoms with Gasteiger partial charge in [0.05, 0.1) is 6.61 Å². The van der Waals surface area contributed by atoms with E-state index in [0.717, 1.165) is 25.0 Å². The Morgan fingerprint density at radius 1 is 0.750 bits per heavy atom. The Morgan fingerprint density at radius 3 is 1.83 bits per heavy atom. The lowest BCUT2D eigenvalue weighted by Crippen LogP contribution is -2.59. The zero-order chi connectivity index (χ0) is 17.8. The topological polar surface area (TPSA) is 99.4 Å². The molecule has 1 rings (SSSR count). The molecule has 1 aliphatic heterocycles. The van der Waals surface area contributed by atoms with E-state index in [4.69, 9.17) is 14.6 Å². The van der Waals surface area contributed by atoms with Crippen molar-refractivity contribution in [3.8, 4) is 0 Å². The van der Waals surface area contributed by atoms with Gasteiger partial charge < -0.3 is 29.9 Å². The molecule has 0 aromatic heterocycles. The standard InChI is InChI=1S/C17H34O6S/c18-12-13-14(19)15(20)16(21)17(23-13)22-10-8-6-4-2-1-3-5-7-9-11-24/h13-21,24H,1-12H2/t13-,14-,15+,16-,17-/m1/s1. The monoisotopic (exact) mass is 366 g/mol. The molecule has 0 radical (unpaired) electrons. The van der Waals surface area contributed by atoms with Crippen LogP contribution in [0.3, 0.4) is 0 Å². The van der Waals surface area contributed by atoms with Crippen LogP contribution >= 0.6 is 12.6 Å². The number of ether oxygens (including phenoxy) is 2. The molecule has 0 saturated carbocycles. The Hall–Kier alpha value is 0.110. The number of aliphatic hydroxyl groups excluding tert-OH is 4. The van der Waals surface area contributed by atoms with E-state index < -0.39 is 37.3 Å².